The first-order chi connectivity index (χ1) is 9.27. The van der Waals surface area contributed by atoms with Crippen molar-refractivity contribution in [3.05, 3.63) is 0 Å². The third kappa shape index (κ3) is 3.85. The van der Waals surface area contributed by atoms with E-state index in [9.17, 15) is 30.0 Å². The standard InChI is InChI=1S/C10H16O10/c11-2-4-6(15)7(16)8(17)10(19-4)20-9(18)3(12)1-5(13)14/h3-4,6-8,10-12,15-17H,1-2H2,(H,13,14)/t3-,4+,6+,7-,8+,10-/m0/s1. The van der Waals surface area contributed by atoms with Crippen molar-refractivity contribution >= 4 is 11.9 Å². The van der Waals surface area contributed by atoms with Crippen LogP contribution in [0.15, 0.2) is 0 Å². The van der Waals surface area contributed by atoms with Crippen molar-refractivity contribution in [2.24, 2.45) is 0 Å². The van der Waals surface area contributed by atoms with E-state index in [1.54, 1.807) is 0 Å². The van der Waals surface area contributed by atoms with Gasteiger partial charge in [0, 0.05) is 0 Å². The van der Waals surface area contributed by atoms with Crippen molar-refractivity contribution in [1.29, 1.82) is 0 Å². The predicted octanol–water partition coefficient (Wildman–Crippen LogP) is -3.83. The van der Waals surface area contributed by atoms with Gasteiger partial charge in [-0.3, -0.25) is 4.79 Å². The highest BCUT2D eigenvalue weighted by Gasteiger charge is 2.45. The molecule has 0 aliphatic carbocycles. The number of ether oxygens (including phenoxy) is 2. The van der Waals surface area contributed by atoms with E-state index < -0.39 is 61.8 Å². The molecule has 116 valence electrons. The molecule has 0 radical (unpaired) electrons. The van der Waals surface area contributed by atoms with E-state index >= 15 is 0 Å². The number of carbonyl (C=O) groups excluding carboxylic acids is 1. The van der Waals surface area contributed by atoms with Crippen LogP contribution in [0.25, 0.3) is 0 Å². The van der Waals surface area contributed by atoms with Crippen LogP contribution in [0.3, 0.4) is 0 Å². The highest BCUT2D eigenvalue weighted by molar-refractivity contribution is 5.80. The molecule has 1 aliphatic heterocycles. The van der Waals surface area contributed by atoms with Gasteiger partial charge in [0.2, 0.25) is 6.29 Å². The second-order valence-corrected chi connectivity index (χ2v) is 4.25. The molecule has 0 aromatic rings. The Bertz CT molecular complexity index is 356. The number of rotatable bonds is 5. The van der Waals surface area contributed by atoms with Crippen molar-refractivity contribution < 1.29 is 49.7 Å². The number of aliphatic hydroxyl groups excluding tert-OH is 5. The second kappa shape index (κ2) is 6.92. The maximum atomic E-state index is 11.3. The van der Waals surface area contributed by atoms with Crippen molar-refractivity contribution in [2.45, 2.75) is 43.2 Å². The van der Waals surface area contributed by atoms with E-state index in [0.717, 1.165) is 0 Å². The monoisotopic (exact) mass is 296 g/mol. The van der Waals surface area contributed by atoms with Gasteiger partial charge in [0.1, 0.15) is 24.4 Å². The molecule has 1 rings (SSSR count). The molecule has 1 heterocycles. The topological polar surface area (TPSA) is 174 Å². The van der Waals surface area contributed by atoms with Crippen molar-refractivity contribution in [3.63, 3.8) is 0 Å². The van der Waals surface area contributed by atoms with Gasteiger partial charge >= 0.3 is 11.9 Å². The lowest BCUT2D eigenvalue weighted by Gasteiger charge is -2.39. The fourth-order valence-corrected chi connectivity index (χ4v) is 1.61. The van der Waals surface area contributed by atoms with Gasteiger partial charge in [0.25, 0.3) is 0 Å². The summed E-state index contributed by atoms with van der Waals surface area (Å²) in [5, 5.41) is 54.9. The summed E-state index contributed by atoms with van der Waals surface area (Å²) in [5.41, 5.74) is 0. The molecule has 10 heteroatoms. The Balaban J connectivity index is 2.66. The summed E-state index contributed by atoms with van der Waals surface area (Å²) in [6, 6.07) is 0. The minimum absolute atomic E-state index is 0.712. The van der Waals surface area contributed by atoms with E-state index in [0.29, 0.717) is 0 Å². The zero-order valence-electron chi connectivity index (χ0n) is 10.2. The number of carboxylic acids is 1. The Hall–Kier alpha value is -1.30. The Morgan fingerprint density at radius 1 is 1.15 bits per heavy atom. The van der Waals surface area contributed by atoms with Gasteiger partial charge in [-0.2, -0.15) is 0 Å². The number of aliphatic hydroxyl groups is 5. The van der Waals surface area contributed by atoms with Crippen molar-refractivity contribution in [1.82, 2.24) is 0 Å². The molecule has 0 aromatic heterocycles. The molecule has 0 bridgehead atoms. The van der Waals surface area contributed by atoms with E-state index in [4.69, 9.17) is 14.9 Å². The normalized spacial score (nSPS) is 35.4. The van der Waals surface area contributed by atoms with Crippen LogP contribution in [0.5, 0.6) is 0 Å². The lowest BCUT2D eigenvalue weighted by Crippen LogP contribution is -2.59. The molecule has 1 aliphatic rings. The summed E-state index contributed by atoms with van der Waals surface area (Å²) >= 11 is 0. The van der Waals surface area contributed by atoms with Gasteiger partial charge in [-0.25, -0.2) is 4.79 Å². The molecule has 10 nitrogen and oxygen atoms in total. The van der Waals surface area contributed by atoms with Crippen LogP contribution in [0.1, 0.15) is 6.42 Å². The third-order valence-electron chi connectivity index (χ3n) is 2.72. The molecular weight excluding hydrogens is 280 g/mol. The van der Waals surface area contributed by atoms with E-state index in [2.05, 4.69) is 4.74 Å². The molecule has 20 heavy (non-hydrogen) atoms. The average Bonchev–Trinajstić information content (AvgIpc) is 2.38. The van der Waals surface area contributed by atoms with Crippen LogP contribution in [-0.2, 0) is 19.1 Å². The van der Waals surface area contributed by atoms with Gasteiger partial charge in [-0.15, -0.1) is 0 Å². The van der Waals surface area contributed by atoms with Crippen LogP contribution >= 0.6 is 0 Å². The number of aliphatic carboxylic acids is 1. The zero-order chi connectivity index (χ0) is 15.4. The predicted molar refractivity (Wildman–Crippen MR) is 58.1 cm³/mol. The highest BCUT2D eigenvalue weighted by Crippen LogP contribution is 2.22. The number of hydrogen-bond donors (Lipinski definition) is 6. The Labute approximate surface area is 112 Å². The van der Waals surface area contributed by atoms with Gasteiger partial charge in [0.15, 0.2) is 6.10 Å². The van der Waals surface area contributed by atoms with Gasteiger partial charge in [-0.1, -0.05) is 0 Å². The molecule has 6 N–H and O–H groups in total. The lowest BCUT2D eigenvalue weighted by molar-refractivity contribution is -0.294. The lowest BCUT2D eigenvalue weighted by atomic mass is 9.99. The first kappa shape index (κ1) is 16.8. The van der Waals surface area contributed by atoms with Crippen LogP contribution in [-0.4, -0.2) is 86.0 Å². The Kier molecular flexibility index (Phi) is 5.80. The first-order valence-corrected chi connectivity index (χ1v) is 5.68. The molecule has 6 atom stereocenters. The van der Waals surface area contributed by atoms with Crippen molar-refractivity contribution in [2.75, 3.05) is 6.61 Å². The summed E-state index contributed by atoms with van der Waals surface area (Å²) < 4.78 is 9.36. The number of carboxylic acid groups (broad SMARTS) is 1. The third-order valence-corrected chi connectivity index (χ3v) is 2.72. The Morgan fingerprint density at radius 3 is 2.25 bits per heavy atom. The van der Waals surface area contributed by atoms with Crippen LogP contribution in [0.4, 0.5) is 0 Å². The van der Waals surface area contributed by atoms with E-state index in [1.807, 2.05) is 0 Å². The SMILES string of the molecule is O=C(O)C[C@H](O)C(=O)O[C@@H]1O[C@H](CO)[C@@H](O)[C@H](O)[C@H]1O. The fourth-order valence-electron chi connectivity index (χ4n) is 1.61. The molecule has 0 saturated carbocycles. The van der Waals surface area contributed by atoms with Crippen LogP contribution in [0.2, 0.25) is 0 Å². The highest BCUT2D eigenvalue weighted by atomic mass is 16.7. The van der Waals surface area contributed by atoms with Crippen LogP contribution in [0, 0.1) is 0 Å². The summed E-state index contributed by atoms with van der Waals surface area (Å²) in [5.74, 6) is -2.82. The van der Waals surface area contributed by atoms with Gasteiger partial charge in [0.05, 0.1) is 13.0 Å². The van der Waals surface area contributed by atoms with E-state index in [-0.39, 0.29) is 0 Å². The summed E-state index contributed by atoms with van der Waals surface area (Å²) in [7, 11) is 0. The van der Waals surface area contributed by atoms with Gasteiger partial charge < -0.3 is 40.1 Å². The summed E-state index contributed by atoms with van der Waals surface area (Å²) in [4.78, 5) is 21.7. The van der Waals surface area contributed by atoms with Crippen LogP contribution < -0.4 is 0 Å². The molecular formula is C10H16O10. The Morgan fingerprint density at radius 2 is 1.75 bits per heavy atom. The zero-order valence-corrected chi connectivity index (χ0v) is 10.2. The minimum Gasteiger partial charge on any atom is -0.481 e. The fraction of sp³-hybridized carbons (Fsp3) is 0.800. The minimum atomic E-state index is -1.97. The quantitative estimate of drug-likeness (QED) is 0.276. The largest absolute Gasteiger partial charge is 0.481 e. The number of carbonyl (C=O) groups is 2. The summed E-state index contributed by atoms with van der Waals surface area (Å²) in [6.07, 6.45) is -11.1. The number of esters is 1. The smallest absolute Gasteiger partial charge is 0.337 e. The molecule has 1 fully saturated rings. The molecule has 0 unspecified atom stereocenters. The van der Waals surface area contributed by atoms with Crippen molar-refractivity contribution in [3.8, 4) is 0 Å². The number of hydrogen-bond acceptors (Lipinski definition) is 9. The molecule has 1 saturated heterocycles. The second-order valence-electron chi connectivity index (χ2n) is 4.25. The summed E-state index contributed by atoms with van der Waals surface area (Å²) in [6.45, 7) is -0.712. The van der Waals surface area contributed by atoms with E-state index in [1.165, 1.54) is 0 Å². The molecule has 0 spiro atoms. The maximum absolute atomic E-state index is 11.3. The maximum Gasteiger partial charge on any atom is 0.337 e. The first-order valence-electron chi connectivity index (χ1n) is 5.68. The molecule has 0 amide bonds. The molecule has 0 aromatic carbocycles. The average molecular weight is 296 g/mol. The van der Waals surface area contributed by atoms with Gasteiger partial charge in [-0.05, 0) is 0 Å².